The fourth-order valence-corrected chi connectivity index (χ4v) is 5.14. The smallest absolute Gasteiger partial charge is 0.243 e. The minimum absolute atomic E-state index is 0.407. The fourth-order valence-electron chi connectivity index (χ4n) is 3.50. The summed E-state index contributed by atoms with van der Waals surface area (Å²) in [4.78, 5) is 3.87. The first-order chi connectivity index (χ1) is 11.5. The summed E-state index contributed by atoms with van der Waals surface area (Å²) in [5, 5.41) is 1.13. The molecule has 0 spiro atoms. The van der Waals surface area contributed by atoms with E-state index in [1.807, 2.05) is 19.1 Å². The molecule has 4 rings (SSSR count). The van der Waals surface area contributed by atoms with Crippen LogP contribution in [0.1, 0.15) is 22.4 Å². The molecule has 0 unspecified atom stereocenters. The third-order valence-corrected chi connectivity index (χ3v) is 6.81. The van der Waals surface area contributed by atoms with Gasteiger partial charge in [-0.25, -0.2) is 8.42 Å². The van der Waals surface area contributed by atoms with Crippen LogP contribution in [0.25, 0.3) is 10.9 Å². The number of hydrogen-bond acceptors (Lipinski definition) is 2. The molecule has 1 aromatic heterocycles. The summed E-state index contributed by atoms with van der Waals surface area (Å²) < 4.78 is 27.7. The molecule has 1 aliphatic rings. The lowest BCUT2D eigenvalue weighted by atomic mass is 10.1. The van der Waals surface area contributed by atoms with Crippen LogP contribution in [0.2, 0.25) is 0 Å². The van der Waals surface area contributed by atoms with E-state index in [-0.39, 0.29) is 0 Å². The SMILES string of the molecule is Cc1ccc2c3c([nH]c2c1)CCN(S(=O)(=O)c1ccccc1C)C3. The zero-order chi connectivity index (χ0) is 16.9. The molecule has 0 bridgehead atoms. The van der Waals surface area contributed by atoms with Crippen molar-refractivity contribution in [2.75, 3.05) is 6.54 Å². The summed E-state index contributed by atoms with van der Waals surface area (Å²) >= 11 is 0. The van der Waals surface area contributed by atoms with Gasteiger partial charge in [0.15, 0.2) is 0 Å². The van der Waals surface area contributed by atoms with Crippen molar-refractivity contribution in [1.29, 1.82) is 0 Å². The van der Waals surface area contributed by atoms with Gasteiger partial charge in [-0.05, 0) is 42.7 Å². The molecule has 5 heteroatoms. The Kier molecular flexibility index (Phi) is 3.51. The summed E-state index contributed by atoms with van der Waals surface area (Å²) in [6, 6.07) is 13.5. The van der Waals surface area contributed by atoms with E-state index in [9.17, 15) is 8.42 Å². The monoisotopic (exact) mass is 340 g/mol. The van der Waals surface area contributed by atoms with Crippen molar-refractivity contribution in [1.82, 2.24) is 9.29 Å². The number of nitrogens with one attached hydrogen (secondary N) is 1. The number of fused-ring (bicyclic) bond motifs is 3. The molecular weight excluding hydrogens is 320 g/mol. The Morgan fingerprint density at radius 1 is 1.08 bits per heavy atom. The Hall–Kier alpha value is -2.11. The maximum atomic E-state index is 13.0. The van der Waals surface area contributed by atoms with E-state index in [1.165, 1.54) is 5.56 Å². The zero-order valence-corrected chi connectivity index (χ0v) is 14.7. The molecular formula is C19H20N2O2S. The van der Waals surface area contributed by atoms with Crippen molar-refractivity contribution >= 4 is 20.9 Å². The standard InChI is InChI=1S/C19H20N2O2S/c1-13-7-8-15-16-12-21(10-9-17(16)20-18(15)11-13)24(22,23)19-6-4-3-5-14(19)2/h3-8,11,20H,9-10,12H2,1-2H3. The van der Waals surface area contributed by atoms with Gasteiger partial charge in [-0.2, -0.15) is 4.31 Å². The largest absolute Gasteiger partial charge is 0.358 e. The van der Waals surface area contributed by atoms with Gasteiger partial charge in [-0.1, -0.05) is 30.3 Å². The molecule has 3 aromatic rings. The second-order valence-electron chi connectivity index (χ2n) is 6.49. The third-order valence-electron chi connectivity index (χ3n) is 4.81. The van der Waals surface area contributed by atoms with E-state index < -0.39 is 10.0 Å². The molecule has 0 amide bonds. The molecule has 0 atom stereocenters. The van der Waals surface area contributed by atoms with Crippen LogP contribution in [0.4, 0.5) is 0 Å². The first kappa shape index (κ1) is 15.4. The van der Waals surface area contributed by atoms with Crippen molar-refractivity contribution in [2.45, 2.75) is 31.7 Å². The molecule has 0 fully saturated rings. The summed E-state index contributed by atoms with van der Waals surface area (Å²) in [5.41, 5.74) is 5.35. The van der Waals surface area contributed by atoms with Crippen LogP contribution >= 0.6 is 0 Å². The summed E-state index contributed by atoms with van der Waals surface area (Å²) in [5.74, 6) is 0. The lowest BCUT2D eigenvalue weighted by Gasteiger charge is -2.27. The van der Waals surface area contributed by atoms with Crippen molar-refractivity contribution in [3.63, 3.8) is 0 Å². The molecule has 0 saturated carbocycles. The maximum Gasteiger partial charge on any atom is 0.243 e. The topological polar surface area (TPSA) is 53.2 Å². The summed E-state index contributed by atoms with van der Waals surface area (Å²) in [6.07, 6.45) is 0.716. The molecule has 0 radical (unpaired) electrons. The zero-order valence-electron chi connectivity index (χ0n) is 13.8. The van der Waals surface area contributed by atoms with E-state index in [0.29, 0.717) is 24.4 Å². The molecule has 24 heavy (non-hydrogen) atoms. The molecule has 0 aliphatic carbocycles. The Labute approximate surface area is 142 Å². The van der Waals surface area contributed by atoms with E-state index in [4.69, 9.17) is 0 Å². The molecule has 4 nitrogen and oxygen atoms in total. The van der Waals surface area contributed by atoms with Crippen molar-refractivity contribution in [3.05, 3.63) is 64.8 Å². The van der Waals surface area contributed by atoms with Gasteiger partial charge in [0.2, 0.25) is 10.0 Å². The van der Waals surface area contributed by atoms with Crippen LogP contribution in [-0.2, 0) is 23.0 Å². The number of rotatable bonds is 2. The maximum absolute atomic E-state index is 13.0. The quantitative estimate of drug-likeness (QED) is 0.776. The Balaban J connectivity index is 1.76. The number of hydrogen-bond donors (Lipinski definition) is 1. The fraction of sp³-hybridized carbons (Fsp3) is 0.263. The first-order valence-corrected chi connectivity index (χ1v) is 9.57. The van der Waals surface area contributed by atoms with E-state index >= 15 is 0 Å². The molecule has 0 saturated heterocycles. The van der Waals surface area contributed by atoms with Crippen molar-refractivity contribution in [2.24, 2.45) is 0 Å². The predicted molar refractivity (Wildman–Crippen MR) is 95.5 cm³/mol. The predicted octanol–water partition coefficient (Wildman–Crippen LogP) is 3.53. The first-order valence-electron chi connectivity index (χ1n) is 8.12. The Morgan fingerprint density at radius 3 is 2.67 bits per heavy atom. The van der Waals surface area contributed by atoms with Gasteiger partial charge in [0.05, 0.1) is 4.90 Å². The number of benzene rings is 2. The second-order valence-corrected chi connectivity index (χ2v) is 8.39. The van der Waals surface area contributed by atoms with Crippen LogP contribution in [-0.4, -0.2) is 24.3 Å². The average molecular weight is 340 g/mol. The average Bonchev–Trinajstić information content (AvgIpc) is 2.91. The van der Waals surface area contributed by atoms with Crippen LogP contribution in [0.5, 0.6) is 0 Å². The van der Waals surface area contributed by atoms with E-state index in [1.54, 1.807) is 16.4 Å². The van der Waals surface area contributed by atoms with Crippen molar-refractivity contribution < 1.29 is 8.42 Å². The molecule has 1 N–H and O–H groups in total. The summed E-state index contributed by atoms with van der Waals surface area (Å²) in [6.45, 7) is 4.84. The number of nitrogens with zero attached hydrogens (tertiary/aromatic N) is 1. The van der Waals surface area contributed by atoms with Crippen LogP contribution in [0.3, 0.4) is 0 Å². The number of sulfonamides is 1. The second kappa shape index (κ2) is 5.46. The lowest BCUT2D eigenvalue weighted by Crippen LogP contribution is -2.36. The normalized spacial score (nSPS) is 15.6. The van der Waals surface area contributed by atoms with Gasteiger partial charge in [-0.15, -0.1) is 0 Å². The molecule has 124 valence electrons. The van der Waals surface area contributed by atoms with Gasteiger partial charge in [0.25, 0.3) is 0 Å². The minimum Gasteiger partial charge on any atom is -0.358 e. The highest BCUT2D eigenvalue weighted by Gasteiger charge is 2.30. The highest BCUT2D eigenvalue weighted by atomic mass is 32.2. The Bertz CT molecular complexity index is 1030. The molecule has 2 heterocycles. The van der Waals surface area contributed by atoms with Crippen molar-refractivity contribution in [3.8, 4) is 0 Å². The number of aryl methyl sites for hydroxylation is 2. The van der Waals surface area contributed by atoms with Gasteiger partial charge in [-0.3, -0.25) is 0 Å². The molecule has 2 aromatic carbocycles. The van der Waals surface area contributed by atoms with Gasteiger partial charge in [0.1, 0.15) is 0 Å². The van der Waals surface area contributed by atoms with Crippen LogP contribution < -0.4 is 0 Å². The minimum atomic E-state index is -3.47. The lowest BCUT2D eigenvalue weighted by molar-refractivity contribution is 0.391. The third kappa shape index (κ3) is 2.36. The Morgan fingerprint density at radius 2 is 1.88 bits per heavy atom. The number of aromatic amines is 1. The van der Waals surface area contributed by atoms with Gasteiger partial charge < -0.3 is 4.98 Å². The highest BCUT2D eigenvalue weighted by Crippen LogP contribution is 2.31. The van der Waals surface area contributed by atoms with Gasteiger partial charge in [0, 0.05) is 36.1 Å². The van der Waals surface area contributed by atoms with Crippen LogP contribution in [0.15, 0.2) is 47.4 Å². The highest BCUT2D eigenvalue weighted by molar-refractivity contribution is 7.89. The molecule has 1 aliphatic heterocycles. The van der Waals surface area contributed by atoms with Gasteiger partial charge >= 0.3 is 0 Å². The number of aromatic nitrogens is 1. The van der Waals surface area contributed by atoms with E-state index in [0.717, 1.165) is 27.7 Å². The van der Waals surface area contributed by atoms with E-state index in [2.05, 4.69) is 30.1 Å². The summed E-state index contributed by atoms with van der Waals surface area (Å²) in [7, 11) is -3.47. The number of H-pyrrole nitrogens is 1. The van der Waals surface area contributed by atoms with Crippen LogP contribution in [0, 0.1) is 13.8 Å².